The molecule has 0 unspecified atom stereocenters. The Bertz CT molecular complexity index is 639. The van der Waals surface area contributed by atoms with Gasteiger partial charge in [0, 0.05) is 57.6 Å². The summed E-state index contributed by atoms with van der Waals surface area (Å²) in [6.45, 7) is 14.3. The van der Waals surface area contributed by atoms with Gasteiger partial charge in [0.15, 0.2) is 5.57 Å². The van der Waals surface area contributed by atoms with E-state index in [-0.39, 0.29) is 5.57 Å². The second kappa shape index (κ2) is 9.15. The first-order valence-corrected chi connectivity index (χ1v) is 10.3. The molecule has 0 aromatic carbocycles. The molecule has 0 bridgehead atoms. The van der Waals surface area contributed by atoms with Gasteiger partial charge in [0.25, 0.3) is 0 Å². The first-order chi connectivity index (χ1) is 13.1. The van der Waals surface area contributed by atoms with E-state index in [9.17, 15) is 10.5 Å². The van der Waals surface area contributed by atoms with Crippen molar-refractivity contribution in [2.75, 3.05) is 52.4 Å². The standard InChI is InChI=1S/C21H32N6/c1-18-6-3-8-24(18)10-5-11-26-14-15-27(21(26)20(16-22)17-23)13-12-25-9-4-7-19(25)2/h19H,1,3-15H2,2H3/t19-/m1/s1. The number of hydrogen-bond acceptors (Lipinski definition) is 6. The average molecular weight is 369 g/mol. The predicted molar refractivity (Wildman–Crippen MR) is 106 cm³/mol. The van der Waals surface area contributed by atoms with E-state index in [0.717, 1.165) is 64.5 Å². The number of nitriles is 2. The molecular formula is C21H32N6. The molecule has 27 heavy (non-hydrogen) atoms. The molecule has 3 heterocycles. The van der Waals surface area contributed by atoms with Crippen LogP contribution in [0.5, 0.6) is 0 Å². The lowest BCUT2D eigenvalue weighted by Gasteiger charge is -2.28. The molecule has 0 saturated carbocycles. The molecule has 3 fully saturated rings. The summed E-state index contributed by atoms with van der Waals surface area (Å²) < 4.78 is 0. The molecule has 3 aliphatic rings. The first kappa shape index (κ1) is 19.6. The Balaban J connectivity index is 1.58. The third kappa shape index (κ3) is 4.57. The van der Waals surface area contributed by atoms with Crippen molar-refractivity contribution in [1.82, 2.24) is 19.6 Å². The Hall–Kier alpha value is -2.18. The lowest BCUT2D eigenvalue weighted by Crippen LogP contribution is -2.36. The normalized spacial score (nSPS) is 23.2. The predicted octanol–water partition coefficient (Wildman–Crippen LogP) is 2.35. The number of hydrogen-bond donors (Lipinski definition) is 0. The molecule has 6 nitrogen and oxygen atoms in total. The third-order valence-corrected chi connectivity index (χ3v) is 6.23. The molecular weight excluding hydrogens is 336 g/mol. The summed E-state index contributed by atoms with van der Waals surface area (Å²) in [5, 5.41) is 18.9. The fraction of sp³-hybridized carbons (Fsp3) is 0.714. The molecule has 0 aromatic heterocycles. The molecule has 3 saturated heterocycles. The highest BCUT2D eigenvalue weighted by atomic mass is 15.4. The number of likely N-dealkylation sites (tertiary alicyclic amines) is 2. The Morgan fingerprint density at radius 3 is 2.26 bits per heavy atom. The van der Waals surface area contributed by atoms with Crippen molar-refractivity contribution in [2.45, 2.75) is 45.1 Å². The van der Waals surface area contributed by atoms with Crippen LogP contribution in [0.15, 0.2) is 23.7 Å². The zero-order valence-corrected chi connectivity index (χ0v) is 16.7. The molecule has 0 aromatic rings. The second-order valence-corrected chi connectivity index (χ2v) is 7.93. The number of rotatable bonds is 7. The maximum atomic E-state index is 9.46. The average Bonchev–Trinajstić information content (AvgIpc) is 3.37. The smallest absolute Gasteiger partial charge is 0.169 e. The summed E-state index contributed by atoms with van der Waals surface area (Å²) >= 11 is 0. The second-order valence-electron chi connectivity index (χ2n) is 7.93. The van der Waals surface area contributed by atoms with Gasteiger partial charge in [-0.1, -0.05) is 6.58 Å². The maximum absolute atomic E-state index is 9.46. The molecule has 0 amide bonds. The molecule has 1 atom stereocenters. The number of allylic oxidation sites excluding steroid dienone is 2. The van der Waals surface area contributed by atoms with Crippen molar-refractivity contribution in [3.63, 3.8) is 0 Å². The molecule has 0 radical (unpaired) electrons. The molecule has 6 heteroatoms. The summed E-state index contributed by atoms with van der Waals surface area (Å²) in [6.07, 6.45) is 5.91. The summed E-state index contributed by atoms with van der Waals surface area (Å²) in [6, 6.07) is 4.90. The lowest BCUT2D eigenvalue weighted by molar-refractivity contribution is 0.227. The molecule has 0 N–H and O–H groups in total. The minimum absolute atomic E-state index is 0.257. The minimum Gasteiger partial charge on any atom is -0.375 e. The monoisotopic (exact) mass is 368 g/mol. The van der Waals surface area contributed by atoms with Gasteiger partial charge in [-0.05, 0) is 45.6 Å². The SMILES string of the molecule is C=C1CCCN1CCCN1CCN(CCN2CCC[C@H]2C)C1=C(C#N)C#N. The fourth-order valence-electron chi connectivity index (χ4n) is 4.62. The molecule has 0 aliphatic carbocycles. The van der Waals surface area contributed by atoms with Gasteiger partial charge >= 0.3 is 0 Å². The summed E-state index contributed by atoms with van der Waals surface area (Å²) in [7, 11) is 0. The van der Waals surface area contributed by atoms with Crippen LogP contribution >= 0.6 is 0 Å². The van der Waals surface area contributed by atoms with Crippen molar-refractivity contribution in [3.05, 3.63) is 23.7 Å². The van der Waals surface area contributed by atoms with Crippen LogP contribution in [0.4, 0.5) is 0 Å². The molecule has 146 valence electrons. The van der Waals surface area contributed by atoms with Gasteiger partial charge < -0.3 is 14.7 Å². The third-order valence-electron chi connectivity index (χ3n) is 6.23. The fourth-order valence-corrected chi connectivity index (χ4v) is 4.62. The molecule has 3 rings (SSSR count). The number of nitrogens with zero attached hydrogens (tertiary/aromatic N) is 6. The van der Waals surface area contributed by atoms with Crippen LogP contribution in [-0.4, -0.2) is 78.0 Å². The maximum Gasteiger partial charge on any atom is 0.169 e. The van der Waals surface area contributed by atoms with E-state index in [4.69, 9.17) is 0 Å². The van der Waals surface area contributed by atoms with Crippen molar-refractivity contribution in [1.29, 1.82) is 10.5 Å². The van der Waals surface area contributed by atoms with E-state index < -0.39 is 0 Å². The van der Waals surface area contributed by atoms with Crippen LogP contribution in [0.3, 0.4) is 0 Å². The van der Waals surface area contributed by atoms with Crippen LogP contribution in [0.2, 0.25) is 0 Å². The Morgan fingerprint density at radius 1 is 0.963 bits per heavy atom. The van der Waals surface area contributed by atoms with Crippen molar-refractivity contribution in [3.8, 4) is 12.1 Å². The van der Waals surface area contributed by atoms with E-state index in [2.05, 4.69) is 45.2 Å². The van der Waals surface area contributed by atoms with Gasteiger partial charge in [0.2, 0.25) is 0 Å². The highest BCUT2D eigenvalue weighted by Crippen LogP contribution is 2.24. The highest BCUT2D eigenvalue weighted by Gasteiger charge is 2.29. The summed E-state index contributed by atoms with van der Waals surface area (Å²) in [5.74, 6) is 0.854. The van der Waals surface area contributed by atoms with Crippen LogP contribution in [0, 0.1) is 22.7 Å². The minimum atomic E-state index is 0.257. The lowest BCUT2D eigenvalue weighted by atomic mass is 10.2. The van der Waals surface area contributed by atoms with Crippen molar-refractivity contribution >= 4 is 0 Å². The van der Waals surface area contributed by atoms with Crippen molar-refractivity contribution < 1.29 is 0 Å². The van der Waals surface area contributed by atoms with Crippen LogP contribution in [0.1, 0.15) is 39.0 Å². The van der Waals surface area contributed by atoms with E-state index >= 15 is 0 Å². The van der Waals surface area contributed by atoms with Crippen molar-refractivity contribution in [2.24, 2.45) is 0 Å². The van der Waals surface area contributed by atoms with E-state index in [1.165, 1.54) is 31.5 Å². The zero-order valence-electron chi connectivity index (χ0n) is 16.7. The molecule has 0 spiro atoms. The zero-order chi connectivity index (χ0) is 19.2. The van der Waals surface area contributed by atoms with E-state index in [1.807, 2.05) is 0 Å². The Labute approximate surface area is 163 Å². The largest absolute Gasteiger partial charge is 0.375 e. The van der Waals surface area contributed by atoms with E-state index in [1.54, 1.807) is 0 Å². The van der Waals surface area contributed by atoms with Gasteiger partial charge in [-0.3, -0.25) is 4.90 Å². The quantitative estimate of drug-likeness (QED) is 0.643. The van der Waals surface area contributed by atoms with Gasteiger partial charge in [0.1, 0.15) is 18.0 Å². The van der Waals surface area contributed by atoms with Crippen LogP contribution < -0.4 is 0 Å². The van der Waals surface area contributed by atoms with Gasteiger partial charge in [0.05, 0.1) is 0 Å². The van der Waals surface area contributed by atoms with E-state index in [0.29, 0.717) is 6.04 Å². The molecule has 3 aliphatic heterocycles. The van der Waals surface area contributed by atoms with Gasteiger partial charge in [-0.2, -0.15) is 10.5 Å². The Morgan fingerprint density at radius 2 is 1.67 bits per heavy atom. The van der Waals surface area contributed by atoms with Crippen LogP contribution in [0.25, 0.3) is 0 Å². The first-order valence-electron chi connectivity index (χ1n) is 10.3. The van der Waals surface area contributed by atoms with Gasteiger partial charge in [-0.15, -0.1) is 0 Å². The summed E-state index contributed by atoms with van der Waals surface area (Å²) in [4.78, 5) is 9.40. The Kier molecular flexibility index (Phi) is 6.63. The topological polar surface area (TPSA) is 60.5 Å². The van der Waals surface area contributed by atoms with Gasteiger partial charge in [-0.25, -0.2) is 0 Å². The summed E-state index contributed by atoms with van der Waals surface area (Å²) in [5.41, 5.74) is 1.51. The highest BCUT2D eigenvalue weighted by molar-refractivity contribution is 5.40. The van der Waals surface area contributed by atoms with Crippen LogP contribution in [-0.2, 0) is 0 Å².